The third kappa shape index (κ3) is 5.16. The Kier molecular flexibility index (Phi) is 7.37. The van der Waals surface area contributed by atoms with Crippen LogP contribution < -0.4 is 40.6 Å². The first-order valence-electron chi connectivity index (χ1n) is 9.76. The van der Waals surface area contributed by atoms with Gasteiger partial charge in [0.25, 0.3) is 5.91 Å². The molecule has 10 heteroatoms. The van der Waals surface area contributed by atoms with E-state index in [-0.39, 0.29) is 60.1 Å². The van der Waals surface area contributed by atoms with Crippen LogP contribution in [0.1, 0.15) is 24.6 Å². The van der Waals surface area contributed by atoms with Gasteiger partial charge in [0.1, 0.15) is 17.1 Å². The molecule has 0 saturated carbocycles. The molecule has 2 heterocycles. The molecule has 164 valence electrons. The summed E-state index contributed by atoms with van der Waals surface area (Å²) in [4.78, 5) is 39.7. The molecule has 5 N–H and O–H groups in total. The molecule has 1 fully saturated rings. The SMILES string of the molecule is Nc1nc(-c2ccccc2O)cc(-c2cccc(NC(=O)C3CCC(=O)O3)c2)c1C(=O)O.[H-].[Na+]. The summed E-state index contributed by atoms with van der Waals surface area (Å²) in [6.45, 7) is 0. The molecule has 0 spiro atoms. The maximum Gasteiger partial charge on any atom is 1.00 e. The summed E-state index contributed by atoms with van der Waals surface area (Å²) in [5, 5.41) is 22.6. The Morgan fingerprint density at radius 3 is 2.55 bits per heavy atom. The number of para-hydroxylation sites is 1. The number of carbonyl (C=O) groups excluding carboxylic acids is 2. The van der Waals surface area contributed by atoms with Crippen molar-refractivity contribution in [3.63, 3.8) is 0 Å². The Hall–Kier alpha value is -3.40. The van der Waals surface area contributed by atoms with Crippen molar-refractivity contribution in [1.82, 2.24) is 4.98 Å². The number of rotatable bonds is 5. The molecule has 1 unspecified atom stereocenters. The number of cyclic esters (lactones) is 1. The van der Waals surface area contributed by atoms with Crippen LogP contribution in [0.3, 0.4) is 0 Å². The average molecular weight is 457 g/mol. The number of amides is 1. The number of phenols is 1. The molecule has 0 radical (unpaired) electrons. The van der Waals surface area contributed by atoms with Crippen LogP contribution in [0, 0.1) is 0 Å². The van der Waals surface area contributed by atoms with Crippen LogP contribution in [0.2, 0.25) is 0 Å². The third-order valence-electron chi connectivity index (χ3n) is 5.06. The first-order valence-corrected chi connectivity index (χ1v) is 9.76. The number of nitrogens with zero attached hydrogens (tertiary/aromatic N) is 1. The largest absolute Gasteiger partial charge is 1.00 e. The van der Waals surface area contributed by atoms with Gasteiger partial charge in [-0.2, -0.15) is 0 Å². The number of aromatic carboxylic acids is 1. The number of anilines is 2. The van der Waals surface area contributed by atoms with E-state index in [2.05, 4.69) is 10.3 Å². The molecule has 1 amide bonds. The molecule has 33 heavy (non-hydrogen) atoms. The molecule has 1 saturated heterocycles. The van der Waals surface area contributed by atoms with Crippen molar-refractivity contribution in [2.45, 2.75) is 18.9 Å². The maximum atomic E-state index is 12.4. The number of ether oxygens (including phenoxy) is 1. The van der Waals surface area contributed by atoms with Crippen LogP contribution in [0.25, 0.3) is 22.4 Å². The van der Waals surface area contributed by atoms with E-state index in [9.17, 15) is 24.6 Å². The molecule has 9 nitrogen and oxygen atoms in total. The van der Waals surface area contributed by atoms with E-state index in [1.54, 1.807) is 42.5 Å². The van der Waals surface area contributed by atoms with Crippen LogP contribution in [-0.4, -0.2) is 39.1 Å². The van der Waals surface area contributed by atoms with Gasteiger partial charge in [-0.3, -0.25) is 9.59 Å². The van der Waals surface area contributed by atoms with E-state index in [4.69, 9.17) is 10.5 Å². The number of phenolic OH excluding ortho intramolecular Hbond substituents is 1. The van der Waals surface area contributed by atoms with Gasteiger partial charge in [-0.15, -0.1) is 0 Å². The topological polar surface area (TPSA) is 152 Å². The summed E-state index contributed by atoms with van der Waals surface area (Å²) in [6.07, 6.45) is -0.367. The van der Waals surface area contributed by atoms with Gasteiger partial charge in [0.2, 0.25) is 0 Å². The van der Waals surface area contributed by atoms with E-state index < -0.39 is 23.9 Å². The zero-order valence-corrected chi connectivity index (χ0v) is 19.7. The van der Waals surface area contributed by atoms with Gasteiger partial charge in [-0.05, 0) is 35.9 Å². The number of nitrogens with one attached hydrogen (secondary N) is 1. The van der Waals surface area contributed by atoms with Crippen molar-refractivity contribution < 1.29 is 60.3 Å². The Labute approximate surface area is 212 Å². The van der Waals surface area contributed by atoms with Gasteiger partial charge in [0, 0.05) is 29.7 Å². The zero-order valence-electron chi connectivity index (χ0n) is 18.7. The van der Waals surface area contributed by atoms with Gasteiger partial charge >= 0.3 is 41.5 Å². The molecule has 0 bridgehead atoms. The second-order valence-electron chi connectivity index (χ2n) is 7.22. The number of hydrogen-bond acceptors (Lipinski definition) is 7. The number of hydrogen-bond donors (Lipinski definition) is 4. The summed E-state index contributed by atoms with van der Waals surface area (Å²) in [7, 11) is 0. The zero-order chi connectivity index (χ0) is 22.8. The fourth-order valence-electron chi connectivity index (χ4n) is 3.54. The van der Waals surface area contributed by atoms with Gasteiger partial charge in [-0.25, -0.2) is 9.78 Å². The van der Waals surface area contributed by atoms with E-state index >= 15 is 0 Å². The minimum absolute atomic E-state index is 0. The molecule has 1 aliphatic rings. The minimum Gasteiger partial charge on any atom is -1.00 e. The molecule has 1 aromatic heterocycles. The van der Waals surface area contributed by atoms with Gasteiger partial charge in [0.15, 0.2) is 6.10 Å². The monoisotopic (exact) mass is 457 g/mol. The van der Waals surface area contributed by atoms with E-state index in [0.29, 0.717) is 28.9 Å². The molecule has 4 rings (SSSR count). The van der Waals surface area contributed by atoms with E-state index in [0.717, 1.165) is 0 Å². The number of carboxylic acids is 1. The normalized spacial score (nSPS) is 14.8. The smallest absolute Gasteiger partial charge is 1.00 e. The molecule has 1 aliphatic heterocycles. The van der Waals surface area contributed by atoms with Crippen molar-refractivity contribution >= 4 is 29.4 Å². The van der Waals surface area contributed by atoms with Gasteiger partial charge < -0.3 is 27.4 Å². The second-order valence-corrected chi connectivity index (χ2v) is 7.22. The molecular formula is C23H20N3NaO6. The molecule has 2 aromatic carbocycles. The van der Waals surface area contributed by atoms with Crippen molar-refractivity contribution in [2.75, 3.05) is 11.1 Å². The average Bonchev–Trinajstić information content (AvgIpc) is 3.20. The predicted octanol–water partition coefficient (Wildman–Crippen LogP) is 0.162. The Morgan fingerprint density at radius 2 is 1.88 bits per heavy atom. The van der Waals surface area contributed by atoms with Crippen molar-refractivity contribution in [3.8, 4) is 28.1 Å². The summed E-state index contributed by atoms with van der Waals surface area (Å²) in [5.74, 6) is -2.38. The third-order valence-corrected chi connectivity index (χ3v) is 5.06. The summed E-state index contributed by atoms with van der Waals surface area (Å²) in [5.41, 5.74) is 7.60. The number of pyridine rings is 1. The number of aromatic hydroxyl groups is 1. The number of nitrogen functional groups attached to an aromatic ring is 1. The molecule has 0 aliphatic carbocycles. The Bertz CT molecular complexity index is 1250. The fourth-order valence-corrected chi connectivity index (χ4v) is 3.54. The summed E-state index contributed by atoms with van der Waals surface area (Å²) in [6, 6.07) is 14.6. The second kappa shape index (κ2) is 10.0. The molecule has 3 aromatic rings. The van der Waals surface area contributed by atoms with Gasteiger partial charge in [0.05, 0.1) is 5.69 Å². The fraction of sp³-hybridized carbons (Fsp3) is 0.130. The van der Waals surface area contributed by atoms with E-state index in [1.165, 1.54) is 12.1 Å². The summed E-state index contributed by atoms with van der Waals surface area (Å²) >= 11 is 0. The minimum atomic E-state index is -1.26. The number of benzene rings is 2. The van der Waals surface area contributed by atoms with E-state index in [1.807, 2.05) is 0 Å². The first kappa shape index (κ1) is 24.2. The number of nitrogens with two attached hydrogens (primary N) is 1. The standard InChI is InChI=1S/C23H19N3O6.Na.H/c24-21-20(23(30)31)15(11-16(26-21)14-6-1-2-7-17(14)27)12-4-3-5-13(10-12)25-22(29)18-8-9-19(28)32-18;;/h1-7,10-11,18,27H,8-9H2,(H2,24,26)(H,25,29)(H,30,31);;/q;+1;-1. The van der Waals surface area contributed by atoms with Crippen LogP contribution in [0.4, 0.5) is 11.5 Å². The number of esters is 1. The first-order chi connectivity index (χ1) is 15.3. The quantitative estimate of drug-likeness (QED) is 0.312. The van der Waals surface area contributed by atoms with Crippen molar-refractivity contribution in [2.24, 2.45) is 0 Å². The van der Waals surface area contributed by atoms with Gasteiger partial charge in [-0.1, -0.05) is 24.3 Å². The van der Waals surface area contributed by atoms with Crippen molar-refractivity contribution in [1.29, 1.82) is 0 Å². The Morgan fingerprint density at radius 1 is 1.12 bits per heavy atom. The van der Waals surface area contributed by atoms with Crippen LogP contribution in [0.5, 0.6) is 5.75 Å². The van der Waals surface area contributed by atoms with Crippen LogP contribution in [0.15, 0.2) is 54.6 Å². The number of carboxylic acid groups (broad SMARTS) is 1. The van der Waals surface area contributed by atoms with Crippen LogP contribution >= 0.6 is 0 Å². The molecule has 1 atom stereocenters. The predicted molar refractivity (Wildman–Crippen MR) is 117 cm³/mol. The summed E-state index contributed by atoms with van der Waals surface area (Å²) < 4.78 is 4.98. The maximum absolute atomic E-state index is 12.4. The Balaban J connectivity index is 0.00000204. The van der Waals surface area contributed by atoms with Crippen molar-refractivity contribution in [3.05, 3.63) is 60.2 Å². The van der Waals surface area contributed by atoms with Crippen LogP contribution in [-0.2, 0) is 14.3 Å². The molecular weight excluding hydrogens is 437 g/mol. The number of carbonyl (C=O) groups is 3. The number of aromatic nitrogens is 1.